The van der Waals surface area contributed by atoms with E-state index in [4.69, 9.17) is 4.74 Å². The summed E-state index contributed by atoms with van der Waals surface area (Å²) in [5.41, 5.74) is 0.653. The second-order valence-corrected chi connectivity index (χ2v) is 4.01. The Bertz CT molecular complexity index is 60.1. The largest absolute Gasteiger partial charge is 0.354 e. The first kappa shape index (κ1) is 9.66. The summed E-state index contributed by atoms with van der Waals surface area (Å²) in [5, 5.41) is 0. The molecule has 0 fully saturated rings. The molecule has 9 heavy (non-hydrogen) atoms. The van der Waals surface area contributed by atoms with Crippen LogP contribution in [-0.2, 0) is 4.74 Å². The van der Waals surface area contributed by atoms with Crippen LogP contribution in [0.1, 0.15) is 13.8 Å². The molecule has 0 aliphatic carbocycles. The lowest BCUT2D eigenvalue weighted by Gasteiger charge is -2.14. The maximum Gasteiger partial charge on any atom is 0.101 e. The number of rotatable bonds is 4. The summed E-state index contributed by atoms with van der Waals surface area (Å²) in [6.07, 6.45) is 4.11. The number of hydrogen-bond acceptors (Lipinski definition) is 3. The fourth-order valence-corrected chi connectivity index (χ4v) is 1.01. The van der Waals surface area contributed by atoms with Crippen LogP contribution >= 0.6 is 23.5 Å². The van der Waals surface area contributed by atoms with Gasteiger partial charge in [0.05, 0.1) is 0 Å². The molecule has 0 aromatic heterocycles. The van der Waals surface area contributed by atoms with Crippen molar-refractivity contribution in [2.75, 3.05) is 12.5 Å². The van der Waals surface area contributed by atoms with Crippen LogP contribution in [0.25, 0.3) is 0 Å². The predicted octanol–water partition coefficient (Wildman–Crippen LogP) is 2.42. The van der Waals surface area contributed by atoms with Crippen molar-refractivity contribution in [3.8, 4) is 0 Å². The SMILES string of the molecule is CSC(C)OC(C)SC. The van der Waals surface area contributed by atoms with Crippen molar-refractivity contribution in [3.63, 3.8) is 0 Å². The zero-order chi connectivity index (χ0) is 7.28. The van der Waals surface area contributed by atoms with Crippen LogP contribution in [0.4, 0.5) is 0 Å². The number of thioether (sulfide) groups is 2. The summed E-state index contributed by atoms with van der Waals surface area (Å²) in [5.74, 6) is 0. The third-order valence-electron chi connectivity index (χ3n) is 1.05. The summed E-state index contributed by atoms with van der Waals surface area (Å²) < 4.78 is 5.47. The van der Waals surface area contributed by atoms with Crippen molar-refractivity contribution in [3.05, 3.63) is 0 Å². The van der Waals surface area contributed by atoms with Gasteiger partial charge in [-0.05, 0) is 26.4 Å². The van der Waals surface area contributed by atoms with E-state index >= 15 is 0 Å². The molecule has 0 amide bonds. The van der Waals surface area contributed by atoms with Gasteiger partial charge in [0, 0.05) is 0 Å². The van der Waals surface area contributed by atoms with Crippen molar-refractivity contribution in [2.45, 2.75) is 24.7 Å². The molecule has 0 saturated heterocycles. The summed E-state index contributed by atoms with van der Waals surface area (Å²) >= 11 is 3.47. The van der Waals surface area contributed by atoms with Gasteiger partial charge in [-0.15, -0.1) is 23.5 Å². The van der Waals surface area contributed by atoms with E-state index in [2.05, 4.69) is 26.4 Å². The lowest BCUT2D eigenvalue weighted by Crippen LogP contribution is -2.09. The minimum absolute atomic E-state index is 0.326. The van der Waals surface area contributed by atoms with E-state index < -0.39 is 0 Å². The molecular formula is C6H14OS2. The van der Waals surface area contributed by atoms with Gasteiger partial charge in [-0.3, -0.25) is 0 Å². The van der Waals surface area contributed by atoms with Crippen LogP contribution in [-0.4, -0.2) is 23.4 Å². The molecule has 0 heterocycles. The fourth-order valence-electron chi connectivity index (χ4n) is 0.381. The Morgan fingerprint density at radius 2 is 1.33 bits per heavy atom. The van der Waals surface area contributed by atoms with E-state index in [9.17, 15) is 0 Å². The van der Waals surface area contributed by atoms with Gasteiger partial charge in [-0.2, -0.15) is 0 Å². The molecule has 0 aliphatic rings. The van der Waals surface area contributed by atoms with Crippen molar-refractivity contribution in [1.82, 2.24) is 0 Å². The first-order valence-electron chi connectivity index (χ1n) is 2.91. The second-order valence-electron chi connectivity index (χ2n) is 1.74. The Morgan fingerprint density at radius 3 is 1.56 bits per heavy atom. The Morgan fingerprint density at radius 1 is 1.00 bits per heavy atom. The van der Waals surface area contributed by atoms with Crippen LogP contribution in [0, 0.1) is 0 Å². The highest BCUT2D eigenvalue weighted by molar-refractivity contribution is 7.99. The van der Waals surface area contributed by atoms with E-state index in [-0.39, 0.29) is 0 Å². The molecule has 2 unspecified atom stereocenters. The van der Waals surface area contributed by atoms with Gasteiger partial charge >= 0.3 is 0 Å². The molecule has 0 aromatic rings. The highest BCUT2D eigenvalue weighted by atomic mass is 32.2. The molecule has 0 bridgehead atoms. The van der Waals surface area contributed by atoms with E-state index in [1.165, 1.54) is 0 Å². The highest BCUT2D eigenvalue weighted by Crippen LogP contribution is 2.15. The zero-order valence-electron chi connectivity index (χ0n) is 6.38. The Balaban J connectivity index is 3.22. The molecule has 0 N–H and O–H groups in total. The number of ether oxygens (including phenoxy) is 1. The molecule has 0 aromatic carbocycles. The third kappa shape index (κ3) is 5.12. The van der Waals surface area contributed by atoms with Gasteiger partial charge in [-0.1, -0.05) is 0 Å². The van der Waals surface area contributed by atoms with Crippen LogP contribution in [0.15, 0.2) is 0 Å². The summed E-state index contributed by atoms with van der Waals surface area (Å²) in [6.45, 7) is 4.13. The average Bonchev–Trinajstić information content (AvgIpc) is 1.87. The van der Waals surface area contributed by atoms with Crippen LogP contribution in [0.2, 0.25) is 0 Å². The molecule has 2 atom stereocenters. The minimum atomic E-state index is 0.326. The van der Waals surface area contributed by atoms with Crippen LogP contribution in [0.5, 0.6) is 0 Å². The molecule has 0 spiro atoms. The standard InChI is InChI=1S/C6H14OS2/c1-5(8-3)7-6(2)9-4/h5-6H,1-4H3. The first-order valence-corrected chi connectivity index (χ1v) is 5.49. The lowest BCUT2D eigenvalue weighted by atomic mass is 10.8. The van der Waals surface area contributed by atoms with Crippen LogP contribution < -0.4 is 0 Å². The molecule has 56 valence electrons. The number of hydrogen-bond donors (Lipinski definition) is 0. The molecule has 0 aliphatic heterocycles. The van der Waals surface area contributed by atoms with Crippen molar-refractivity contribution < 1.29 is 4.74 Å². The van der Waals surface area contributed by atoms with Crippen molar-refractivity contribution >= 4 is 23.5 Å². The maximum absolute atomic E-state index is 5.47. The molecule has 0 saturated carbocycles. The molecule has 0 radical (unpaired) electrons. The minimum Gasteiger partial charge on any atom is -0.354 e. The molecular weight excluding hydrogens is 152 g/mol. The van der Waals surface area contributed by atoms with Crippen molar-refractivity contribution in [2.24, 2.45) is 0 Å². The highest BCUT2D eigenvalue weighted by Gasteiger charge is 2.03. The van der Waals surface area contributed by atoms with Gasteiger partial charge in [0.2, 0.25) is 0 Å². The molecule has 0 rings (SSSR count). The van der Waals surface area contributed by atoms with E-state index in [0.29, 0.717) is 10.9 Å². The van der Waals surface area contributed by atoms with Gasteiger partial charge < -0.3 is 4.74 Å². The smallest absolute Gasteiger partial charge is 0.101 e. The Labute approximate surface area is 65.9 Å². The van der Waals surface area contributed by atoms with Crippen molar-refractivity contribution in [1.29, 1.82) is 0 Å². The van der Waals surface area contributed by atoms with E-state index in [1.54, 1.807) is 23.5 Å². The third-order valence-corrected chi connectivity index (χ3v) is 2.60. The average molecular weight is 166 g/mol. The van der Waals surface area contributed by atoms with E-state index in [0.717, 1.165) is 0 Å². The normalized spacial score (nSPS) is 17.3. The molecule has 3 heteroatoms. The Kier molecular flexibility index (Phi) is 5.84. The summed E-state index contributed by atoms with van der Waals surface area (Å²) in [6, 6.07) is 0. The summed E-state index contributed by atoms with van der Waals surface area (Å²) in [7, 11) is 0. The maximum atomic E-state index is 5.47. The zero-order valence-corrected chi connectivity index (χ0v) is 8.01. The fraction of sp³-hybridized carbons (Fsp3) is 1.00. The van der Waals surface area contributed by atoms with Gasteiger partial charge in [0.25, 0.3) is 0 Å². The second kappa shape index (κ2) is 5.45. The predicted molar refractivity (Wildman–Crippen MR) is 47.0 cm³/mol. The van der Waals surface area contributed by atoms with E-state index in [1.807, 2.05) is 0 Å². The first-order chi connectivity index (χ1) is 4.20. The molecule has 1 nitrogen and oxygen atoms in total. The van der Waals surface area contributed by atoms with Gasteiger partial charge in [0.15, 0.2) is 0 Å². The topological polar surface area (TPSA) is 9.23 Å². The van der Waals surface area contributed by atoms with Crippen LogP contribution in [0.3, 0.4) is 0 Å². The van der Waals surface area contributed by atoms with Gasteiger partial charge in [-0.25, -0.2) is 0 Å². The monoisotopic (exact) mass is 166 g/mol. The summed E-state index contributed by atoms with van der Waals surface area (Å²) in [4.78, 5) is 0. The Hall–Kier alpha value is 0.660. The lowest BCUT2D eigenvalue weighted by molar-refractivity contribution is 0.114. The van der Waals surface area contributed by atoms with Gasteiger partial charge in [0.1, 0.15) is 10.9 Å². The quantitative estimate of drug-likeness (QED) is 0.594.